The lowest BCUT2D eigenvalue weighted by molar-refractivity contribution is -0.152. The van der Waals surface area contributed by atoms with E-state index in [0.717, 1.165) is 26.1 Å². The van der Waals surface area contributed by atoms with E-state index < -0.39 is 17.9 Å². The van der Waals surface area contributed by atoms with Gasteiger partial charge in [-0.15, -0.1) is 0 Å². The molecule has 1 aliphatic rings. The second-order valence-corrected chi connectivity index (χ2v) is 5.53. The summed E-state index contributed by atoms with van der Waals surface area (Å²) in [6.07, 6.45) is 4.04. The van der Waals surface area contributed by atoms with Crippen LogP contribution in [0.15, 0.2) is 11.6 Å². The van der Waals surface area contributed by atoms with E-state index in [2.05, 4.69) is 0 Å². The molecule has 1 rings (SSSR count). The zero-order valence-electron chi connectivity index (χ0n) is 12.3. The molecule has 5 heteroatoms. The van der Waals surface area contributed by atoms with Crippen LogP contribution in [0.5, 0.6) is 0 Å². The third-order valence-electron chi connectivity index (χ3n) is 3.24. The Morgan fingerprint density at radius 2 is 2.00 bits per heavy atom. The predicted molar refractivity (Wildman–Crippen MR) is 74.3 cm³/mol. The molecule has 0 amide bonds. The summed E-state index contributed by atoms with van der Waals surface area (Å²) in [6, 6.07) is 0. The number of hydrogen-bond acceptors (Lipinski definition) is 4. The average molecular weight is 284 g/mol. The van der Waals surface area contributed by atoms with Gasteiger partial charge in [-0.25, -0.2) is 0 Å². The molecule has 0 aliphatic carbocycles. The first-order valence-corrected chi connectivity index (χ1v) is 7.13. The van der Waals surface area contributed by atoms with Gasteiger partial charge in [-0.1, -0.05) is 19.4 Å². The van der Waals surface area contributed by atoms with Gasteiger partial charge in [0.05, 0.1) is 25.6 Å². The van der Waals surface area contributed by atoms with E-state index in [9.17, 15) is 9.59 Å². The van der Waals surface area contributed by atoms with Crippen LogP contribution >= 0.6 is 0 Å². The highest BCUT2D eigenvalue weighted by Gasteiger charge is 2.24. The summed E-state index contributed by atoms with van der Waals surface area (Å²) in [7, 11) is 0. The van der Waals surface area contributed by atoms with Crippen molar-refractivity contribution in [3.8, 4) is 0 Å². The normalized spacial score (nSPS) is 16.9. The lowest BCUT2D eigenvalue weighted by Crippen LogP contribution is -2.23. The molecule has 0 bridgehead atoms. The molecule has 0 spiro atoms. The van der Waals surface area contributed by atoms with Gasteiger partial charge in [0.15, 0.2) is 0 Å². The highest BCUT2D eigenvalue weighted by atomic mass is 16.5. The minimum Gasteiger partial charge on any atom is -0.481 e. The maximum atomic E-state index is 11.9. The van der Waals surface area contributed by atoms with E-state index in [0.29, 0.717) is 6.42 Å². The molecule has 0 aromatic carbocycles. The van der Waals surface area contributed by atoms with Gasteiger partial charge < -0.3 is 14.6 Å². The van der Waals surface area contributed by atoms with Gasteiger partial charge in [0.1, 0.15) is 6.61 Å². The zero-order valence-corrected chi connectivity index (χ0v) is 12.3. The number of esters is 1. The van der Waals surface area contributed by atoms with Gasteiger partial charge in [0.2, 0.25) is 0 Å². The lowest BCUT2D eigenvalue weighted by Gasteiger charge is -2.17. The molecule has 1 saturated heterocycles. The Morgan fingerprint density at radius 1 is 1.35 bits per heavy atom. The molecule has 1 atom stereocenters. The van der Waals surface area contributed by atoms with Crippen molar-refractivity contribution in [2.24, 2.45) is 11.8 Å². The van der Waals surface area contributed by atoms with Gasteiger partial charge in [-0.2, -0.15) is 0 Å². The number of carboxylic acids is 1. The number of carboxylic acid groups (broad SMARTS) is 1. The topological polar surface area (TPSA) is 72.8 Å². The van der Waals surface area contributed by atoms with E-state index >= 15 is 0 Å². The highest BCUT2D eigenvalue weighted by molar-refractivity contribution is 5.79. The number of carbonyl (C=O) groups excluding carboxylic acids is 1. The van der Waals surface area contributed by atoms with Crippen LogP contribution < -0.4 is 0 Å². The molecule has 114 valence electrons. The van der Waals surface area contributed by atoms with Crippen molar-refractivity contribution in [2.45, 2.75) is 39.5 Å². The molecule has 1 fully saturated rings. The van der Waals surface area contributed by atoms with Crippen molar-refractivity contribution in [1.82, 2.24) is 0 Å². The molecule has 0 unspecified atom stereocenters. The van der Waals surface area contributed by atoms with Crippen LogP contribution in [-0.2, 0) is 19.1 Å². The third kappa shape index (κ3) is 6.70. The first kappa shape index (κ1) is 16.7. The molecule has 0 radical (unpaired) electrons. The lowest BCUT2D eigenvalue weighted by atomic mass is 9.94. The van der Waals surface area contributed by atoms with Crippen LogP contribution in [0.2, 0.25) is 0 Å². The monoisotopic (exact) mass is 284 g/mol. The first-order chi connectivity index (χ1) is 9.49. The predicted octanol–water partition coefficient (Wildman–Crippen LogP) is 2.40. The number of carbonyl (C=O) groups is 2. The molecular weight excluding hydrogens is 260 g/mol. The minimum absolute atomic E-state index is 0.165. The molecule has 20 heavy (non-hydrogen) atoms. The maximum absolute atomic E-state index is 11.9. The Balaban J connectivity index is 2.42. The molecule has 0 aromatic rings. The summed E-state index contributed by atoms with van der Waals surface area (Å²) in [5.74, 6) is -1.67. The zero-order chi connectivity index (χ0) is 15.0. The molecule has 0 saturated carbocycles. The smallest absolute Gasteiger partial charge is 0.309 e. The Hall–Kier alpha value is -1.36. The molecule has 1 aliphatic heterocycles. The summed E-state index contributed by atoms with van der Waals surface area (Å²) < 4.78 is 10.4. The number of aliphatic carboxylic acids is 1. The van der Waals surface area contributed by atoms with E-state index in [1.165, 1.54) is 5.57 Å². The summed E-state index contributed by atoms with van der Waals surface area (Å²) >= 11 is 0. The molecular formula is C15H24O5. The van der Waals surface area contributed by atoms with Crippen LogP contribution in [0.3, 0.4) is 0 Å². The van der Waals surface area contributed by atoms with Gasteiger partial charge in [-0.3, -0.25) is 9.59 Å². The fraction of sp³-hybridized carbons (Fsp3) is 0.733. The number of hydrogen-bond donors (Lipinski definition) is 1. The van der Waals surface area contributed by atoms with Gasteiger partial charge >= 0.3 is 11.9 Å². The summed E-state index contributed by atoms with van der Waals surface area (Å²) in [6.45, 7) is 5.59. The van der Waals surface area contributed by atoms with Gasteiger partial charge in [0, 0.05) is 0 Å². The second-order valence-electron chi connectivity index (χ2n) is 5.53. The summed E-state index contributed by atoms with van der Waals surface area (Å²) in [5.41, 5.74) is 1.24. The van der Waals surface area contributed by atoms with E-state index in [1.54, 1.807) is 0 Å². The van der Waals surface area contributed by atoms with E-state index in [-0.39, 0.29) is 18.9 Å². The average Bonchev–Trinajstić information content (AvgIpc) is 2.38. The molecule has 1 heterocycles. The van der Waals surface area contributed by atoms with Crippen LogP contribution in [-0.4, -0.2) is 36.9 Å². The van der Waals surface area contributed by atoms with Crippen LogP contribution in [0, 0.1) is 11.8 Å². The Labute approximate surface area is 119 Å². The van der Waals surface area contributed by atoms with Crippen LogP contribution in [0.4, 0.5) is 0 Å². The quantitative estimate of drug-likeness (QED) is 0.574. The van der Waals surface area contributed by atoms with Crippen molar-refractivity contribution in [2.75, 3.05) is 19.8 Å². The summed E-state index contributed by atoms with van der Waals surface area (Å²) in [5, 5.41) is 8.84. The molecule has 1 N–H and O–H groups in total. The van der Waals surface area contributed by atoms with Crippen molar-refractivity contribution in [3.63, 3.8) is 0 Å². The van der Waals surface area contributed by atoms with Crippen molar-refractivity contribution in [3.05, 3.63) is 11.6 Å². The molecule has 0 aromatic heterocycles. The first-order valence-electron chi connectivity index (χ1n) is 7.13. The maximum Gasteiger partial charge on any atom is 0.309 e. The van der Waals surface area contributed by atoms with Crippen LogP contribution in [0.1, 0.15) is 39.5 Å². The van der Waals surface area contributed by atoms with Crippen molar-refractivity contribution in [1.29, 1.82) is 0 Å². The fourth-order valence-electron chi connectivity index (χ4n) is 2.24. The Bertz CT molecular complexity index is 351. The van der Waals surface area contributed by atoms with Gasteiger partial charge in [0.25, 0.3) is 0 Å². The van der Waals surface area contributed by atoms with E-state index in [1.807, 2.05) is 19.9 Å². The minimum atomic E-state index is -0.963. The summed E-state index contributed by atoms with van der Waals surface area (Å²) in [4.78, 5) is 22.7. The number of ether oxygens (including phenoxy) is 2. The molecule has 5 nitrogen and oxygen atoms in total. The van der Waals surface area contributed by atoms with Crippen LogP contribution in [0.25, 0.3) is 0 Å². The Morgan fingerprint density at radius 3 is 2.55 bits per heavy atom. The number of rotatable bonds is 7. The second kappa shape index (κ2) is 8.74. The Kier molecular flexibility index (Phi) is 7.30. The third-order valence-corrected chi connectivity index (χ3v) is 3.24. The largest absolute Gasteiger partial charge is 0.481 e. The van der Waals surface area contributed by atoms with Gasteiger partial charge in [-0.05, 0) is 31.3 Å². The standard InChI is InChI=1S/C15H24O5/c1-11(2)9-13(10-14(16)17)15(18)20-8-5-12-3-6-19-7-4-12/h5,11,13H,3-4,6-10H2,1-2H3,(H,16,17)/t13-/m0/s1. The van der Waals surface area contributed by atoms with E-state index in [4.69, 9.17) is 14.6 Å². The van der Waals surface area contributed by atoms with Crippen molar-refractivity contribution >= 4 is 11.9 Å². The SMILES string of the molecule is CC(C)C[C@@H](CC(=O)O)C(=O)OCC=C1CCOCC1. The fourth-order valence-corrected chi connectivity index (χ4v) is 2.24. The highest BCUT2D eigenvalue weighted by Crippen LogP contribution is 2.18. The van der Waals surface area contributed by atoms with Crippen molar-refractivity contribution < 1.29 is 24.2 Å².